The summed E-state index contributed by atoms with van der Waals surface area (Å²) >= 11 is 0. The summed E-state index contributed by atoms with van der Waals surface area (Å²) in [6.07, 6.45) is 7.07. The molecule has 73 heavy (non-hydrogen) atoms. The Morgan fingerprint density at radius 1 is 0.562 bits per heavy atom. The van der Waals surface area contributed by atoms with Gasteiger partial charge < -0.3 is 68.7 Å². The standard InChI is InChI=1S/C51H63N13O9/c1-29(53)45(67)61-41(21-32-24-55-37-16-8-6-14-35(32)37)49(71)59-30(2)46(68)62-42(22-33-25-56-38-17-9-7-15-36(33)38)51(73)63-40(20-31-12-4-3-5-13-31)50(72)60-39(18-10-11-19-52)48(70)64-43(23-34-26-54-28-58-34)47(69)57-27-44(65)66/h3-9,12-17,24-26,28-30,39-43,55-56H,10-11,18-23,27,52-53H2,1-2H3,(H,54,58)(H,57,69)(H,59,71)(H,60,72)(H,61,67)(H,62,68)(H,63,73)(H,64,70)(H,65,66)/t29-,30+,39+,40-,41-,42+,43+/m1/s1. The Morgan fingerprint density at radius 2 is 1.05 bits per heavy atom. The maximum absolute atomic E-state index is 14.7. The molecule has 3 aromatic heterocycles. The SMILES string of the molecule is C[C@H](NC(=O)[C@@H](Cc1c[nH]c2ccccc12)NC(=O)[C@@H](C)N)C(=O)N[C@@H](Cc1c[nH]c2ccccc12)C(=O)N[C@H](Cc1ccccc1)C(=O)N[C@@H](CCCCN)C(=O)N[C@@H](Cc1cnc[nH]1)C(=O)NCC(=O)O. The van der Waals surface area contributed by atoms with Crippen molar-refractivity contribution in [3.8, 4) is 0 Å². The quantitative estimate of drug-likeness (QED) is 0.0309. The van der Waals surface area contributed by atoms with Crippen molar-refractivity contribution in [2.24, 2.45) is 11.5 Å². The van der Waals surface area contributed by atoms with Crippen molar-refractivity contribution in [1.82, 2.24) is 57.2 Å². The van der Waals surface area contributed by atoms with Crippen molar-refractivity contribution in [3.05, 3.63) is 126 Å². The topological polar surface area (TPSA) is 353 Å². The highest BCUT2D eigenvalue weighted by Crippen LogP contribution is 2.21. The molecule has 7 amide bonds. The summed E-state index contributed by atoms with van der Waals surface area (Å²) in [4.78, 5) is 122. The van der Waals surface area contributed by atoms with Crippen molar-refractivity contribution < 1.29 is 43.5 Å². The number of hydrogen-bond donors (Lipinski definition) is 13. The smallest absolute Gasteiger partial charge is 0.322 e. The molecule has 0 bridgehead atoms. The number of carbonyl (C=O) groups is 8. The summed E-state index contributed by atoms with van der Waals surface area (Å²) in [6.45, 7) is 2.49. The van der Waals surface area contributed by atoms with E-state index in [9.17, 15) is 43.5 Å². The Bertz CT molecular complexity index is 2850. The lowest BCUT2D eigenvalue weighted by Gasteiger charge is -2.27. The molecular weight excluding hydrogens is 939 g/mol. The van der Waals surface area contributed by atoms with Crippen molar-refractivity contribution in [1.29, 1.82) is 0 Å². The van der Waals surface area contributed by atoms with Crippen LogP contribution in [0.2, 0.25) is 0 Å². The molecule has 7 atom stereocenters. The van der Waals surface area contributed by atoms with Gasteiger partial charge in [0.15, 0.2) is 0 Å². The zero-order valence-electron chi connectivity index (χ0n) is 40.5. The number of imidazole rings is 1. The maximum atomic E-state index is 14.7. The molecule has 0 fully saturated rings. The summed E-state index contributed by atoms with van der Waals surface area (Å²) in [7, 11) is 0. The molecule has 3 aromatic carbocycles. The third-order valence-corrected chi connectivity index (χ3v) is 12.2. The van der Waals surface area contributed by atoms with Gasteiger partial charge in [-0.05, 0) is 68.5 Å². The first-order chi connectivity index (χ1) is 35.1. The average molecular weight is 1000 g/mol. The second-order valence-electron chi connectivity index (χ2n) is 17.8. The van der Waals surface area contributed by atoms with E-state index in [1.165, 1.54) is 26.4 Å². The Hall–Kier alpha value is -8.37. The van der Waals surface area contributed by atoms with Crippen LogP contribution in [0.25, 0.3) is 21.8 Å². The Balaban J connectivity index is 1.24. The van der Waals surface area contributed by atoms with E-state index in [1.807, 2.05) is 48.5 Å². The van der Waals surface area contributed by atoms with Gasteiger partial charge in [0.1, 0.15) is 42.8 Å². The zero-order valence-corrected chi connectivity index (χ0v) is 40.5. The molecule has 3 heterocycles. The van der Waals surface area contributed by atoms with Gasteiger partial charge in [0.25, 0.3) is 0 Å². The number of para-hydroxylation sites is 2. The highest BCUT2D eigenvalue weighted by Gasteiger charge is 2.34. The fourth-order valence-corrected chi connectivity index (χ4v) is 8.19. The van der Waals surface area contributed by atoms with Gasteiger partial charge in [-0.25, -0.2) is 4.98 Å². The summed E-state index contributed by atoms with van der Waals surface area (Å²) in [5, 5.41) is 29.5. The van der Waals surface area contributed by atoms with E-state index in [2.05, 4.69) is 57.2 Å². The van der Waals surface area contributed by atoms with Gasteiger partial charge in [-0.15, -0.1) is 0 Å². The molecule has 22 nitrogen and oxygen atoms in total. The van der Waals surface area contributed by atoms with E-state index in [1.54, 1.807) is 42.7 Å². The molecular formula is C51H63N13O9. The molecule has 0 aliphatic heterocycles. The Morgan fingerprint density at radius 3 is 1.60 bits per heavy atom. The molecule has 0 aliphatic rings. The Kier molecular flexibility index (Phi) is 19.4. The molecule has 22 heteroatoms. The minimum atomic E-state index is -1.34. The van der Waals surface area contributed by atoms with Crippen molar-refractivity contribution >= 4 is 69.1 Å². The van der Waals surface area contributed by atoms with E-state index in [-0.39, 0.29) is 38.6 Å². The summed E-state index contributed by atoms with van der Waals surface area (Å²) < 4.78 is 0. The van der Waals surface area contributed by atoms with Crippen LogP contribution in [0, 0.1) is 0 Å². The number of nitrogens with two attached hydrogens (primary N) is 2. The first-order valence-corrected chi connectivity index (χ1v) is 24.0. The monoisotopic (exact) mass is 1000 g/mol. The molecule has 0 aliphatic carbocycles. The van der Waals surface area contributed by atoms with Gasteiger partial charge in [-0.1, -0.05) is 66.7 Å². The summed E-state index contributed by atoms with van der Waals surface area (Å²) in [5.41, 5.74) is 15.7. The highest BCUT2D eigenvalue weighted by molar-refractivity contribution is 5.98. The minimum Gasteiger partial charge on any atom is -0.480 e. The predicted octanol–water partition coefficient (Wildman–Crippen LogP) is 0.249. The number of rotatable bonds is 27. The number of aromatic amines is 3. The molecule has 6 aromatic rings. The van der Waals surface area contributed by atoms with E-state index >= 15 is 0 Å². The van der Waals surface area contributed by atoms with Crippen molar-refractivity contribution in [3.63, 3.8) is 0 Å². The third kappa shape index (κ3) is 15.6. The summed E-state index contributed by atoms with van der Waals surface area (Å²) in [6, 6.07) is 15.1. The lowest BCUT2D eigenvalue weighted by atomic mass is 10.0. The van der Waals surface area contributed by atoms with Crippen molar-refractivity contribution in [2.45, 2.75) is 101 Å². The second kappa shape index (κ2) is 26.2. The fourth-order valence-electron chi connectivity index (χ4n) is 8.19. The maximum Gasteiger partial charge on any atom is 0.322 e. The third-order valence-electron chi connectivity index (χ3n) is 12.2. The number of carbonyl (C=O) groups excluding carboxylic acids is 7. The fraction of sp³-hybridized carbons (Fsp3) is 0.353. The number of H-pyrrole nitrogens is 3. The predicted molar refractivity (Wildman–Crippen MR) is 271 cm³/mol. The van der Waals surface area contributed by atoms with Crippen LogP contribution in [0.5, 0.6) is 0 Å². The largest absolute Gasteiger partial charge is 0.480 e. The lowest BCUT2D eigenvalue weighted by Crippen LogP contribution is -2.60. The van der Waals surface area contributed by atoms with Crippen LogP contribution in [0.1, 0.15) is 55.5 Å². The van der Waals surface area contributed by atoms with E-state index in [4.69, 9.17) is 11.5 Å². The van der Waals surface area contributed by atoms with Gasteiger partial charge in [0.2, 0.25) is 41.4 Å². The molecule has 0 radical (unpaired) electrons. The first-order valence-electron chi connectivity index (χ1n) is 24.0. The van der Waals surface area contributed by atoms with Crippen LogP contribution in [0.15, 0.2) is 104 Å². The van der Waals surface area contributed by atoms with Crippen LogP contribution in [-0.4, -0.2) is 128 Å². The number of aliphatic carboxylic acids is 1. The van der Waals surface area contributed by atoms with E-state index in [0.29, 0.717) is 29.7 Å². The van der Waals surface area contributed by atoms with Gasteiger partial charge in [-0.2, -0.15) is 0 Å². The molecule has 6 rings (SSSR count). The van der Waals surface area contributed by atoms with Crippen LogP contribution in [-0.2, 0) is 64.0 Å². The van der Waals surface area contributed by atoms with Crippen LogP contribution in [0.3, 0.4) is 0 Å². The first kappa shape index (κ1) is 54.0. The Labute approximate surface area is 420 Å². The number of carboxylic acid groups (broad SMARTS) is 1. The number of unbranched alkanes of at least 4 members (excludes halogenated alkanes) is 1. The summed E-state index contributed by atoms with van der Waals surface area (Å²) in [5.74, 6) is -6.40. The van der Waals surface area contributed by atoms with Crippen LogP contribution in [0.4, 0.5) is 0 Å². The molecule has 0 saturated heterocycles. The molecule has 15 N–H and O–H groups in total. The molecule has 0 spiro atoms. The van der Waals surface area contributed by atoms with E-state index < -0.39 is 96.2 Å². The zero-order chi connectivity index (χ0) is 52.4. The van der Waals surface area contributed by atoms with Gasteiger partial charge in [0.05, 0.1) is 12.4 Å². The van der Waals surface area contributed by atoms with Gasteiger partial charge >= 0.3 is 5.97 Å². The number of nitrogens with one attached hydrogen (secondary N) is 10. The lowest BCUT2D eigenvalue weighted by molar-refractivity contribution is -0.138. The minimum absolute atomic E-state index is 0.0548. The number of fused-ring (bicyclic) bond motifs is 2. The number of carboxylic acids is 1. The van der Waals surface area contributed by atoms with E-state index in [0.717, 1.165) is 27.4 Å². The van der Waals surface area contributed by atoms with Crippen LogP contribution < -0.4 is 48.7 Å². The number of aromatic nitrogens is 4. The van der Waals surface area contributed by atoms with Gasteiger partial charge in [-0.3, -0.25) is 38.4 Å². The highest BCUT2D eigenvalue weighted by atomic mass is 16.4. The number of benzene rings is 3. The molecule has 0 saturated carbocycles. The average Bonchev–Trinajstić information content (AvgIpc) is 4.15. The van der Waals surface area contributed by atoms with Crippen LogP contribution >= 0.6 is 0 Å². The number of hydrogen-bond acceptors (Lipinski definition) is 11. The molecule has 386 valence electrons. The van der Waals surface area contributed by atoms with Gasteiger partial charge in [0, 0.05) is 71.8 Å². The normalized spacial score (nSPS) is 14.1. The van der Waals surface area contributed by atoms with Crippen molar-refractivity contribution in [2.75, 3.05) is 13.1 Å². The number of amides is 7. The number of nitrogens with zero attached hydrogens (tertiary/aromatic N) is 1. The second-order valence-corrected chi connectivity index (χ2v) is 17.8. The molecule has 0 unspecified atom stereocenters.